The number of aromatic amines is 1. The van der Waals surface area contributed by atoms with Crippen molar-refractivity contribution < 1.29 is 13.5 Å². The van der Waals surface area contributed by atoms with Crippen molar-refractivity contribution in [2.24, 2.45) is 0 Å². The molecule has 0 saturated heterocycles. The number of pyridine rings is 1. The van der Waals surface area contributed by atoms with Crippen molar-refractivity contribution in [1.82, 2.24) is 9.29 Å². The van der Waals surface area contributed by atoms with Crippen molar-refractivity contribution in [3.8, 4) is 0 Å². The number of nitrogens with zero attached hydrogens (tertiary/aromatic N) is 1. The Morgan fingerprint density at radius 1 is 1.50 bits per heavy atom. The number of hydrogen-bond donors (Lipinski definition) is 2. The summed E-state index contributed by atoms with van der Waals surface area (Å²) in [5.41, 5.74) is -0.533. The zero-order valence-corrected chi connectivity index (χ0v) is 11.5. The highest BCUT2D eigenvalue weighted by Crippen LogP contribution is 2.16. The standard InChI is InChI=1S/C10H15ClN2O4S/c1-2-13(4-3-5-14)18(16,17)8-6-9(11)10(15)12-7-8/h6-7,14H,2-5H2,1H3,(H,12,15). The highest BCUT2D eigenvalue weighted by molar-refractivity contribution is 7.89. The summed E-state index contributed by atoms with van der Waals surface area (Å²) >= 11 is 5.61. The largest absolute Gasteiger partial charge is 0.396 e. The molecule has 0 aliphatic heterocycles. The second kappa shape index (κ2) is 6.33. The maximum Gasteiger partial charge on any atom is 0.266 e. The molecular weight excluding hydrogens is 280 g/mol. The second-order valence-corrected chi connectivity index (χ2v) is 5.93. The number of sulfonamides is 1. The van der Waals surface area contributed by atoms with E-state index in [2.05, 4.69) is 4.98 Å². The first kappa shape index (κ1) is 15.2. The summed E-state index contributed by atoms with van der Waals surface area (Å²) in [4.78, 5) is 13.3. The summed E-state index contributed by atoms with van der Waals surface area (Å²) in [5.74, 6) is 0. The Morgan fingerprint density at radius 3 is 2.67 bits per heavy atom. The minimum Gasteiger partial charge on any atom is -0.396 e. The average Bonchev–Trinajstić information content (AvgIpc) is 2.33. The lowest BCUT2D eigenvalue weighted by molar-refractivity contribution is 0.271. The minimum absolute atomic E-state index is 0.0631. The lowest BCUT2D eigenvalue weighted by Gasteiger charge is -2.19. The van der Waals surface area contributed by atoms with Crippen LogP contribution < -0.4 is 5.56 Å². The van der Waals surface area contributed by atoms with Crippen molar-refractivity contribution in [2.75, 3.05) is 19.7 Å². The number of halogens is 1. The third-order valence-corrected chi connectivity index (χ3v) is 4.62. The van der Waals surface area contributed by atoms with Gasteiger partial charge in [0.15, 0.2) is 0 Å². The smallest absolute Gasteiger partial charge is 0.266 e. The summed E-state index contributed by atoms with van der Waals surface area (Å²) in [6.45, 7) is 2.10. The molecule has 102 valence electrons. The molecule has 0 bridgehead atoms. The van der Waals surface area contributed by atoms with Gasteiger partial charge in [0.2, 0.25) is 10.0 Å². The van der Waals surface area contributed by atoms with Gasteiger partial charge < -0.3 is 10.1 Å². The summed E-state index contributed by atoms with van der Waals surface area (Å²) in [7, 11) is -3.70. The Morgan fingerprint density at radius 2 is 2.17 bits per heavy atom. The van der Waals surface area contributed by atoms with E-state index in [1.54, 1.807) is 6.92 Å². The molecule has 0 saturated carbocycles. The van der Waals surface area contributed by atoms with Gasteiger partial charge in [-0.1, -0.05) is 18.5 Å². The highest BCUT2D eigenvalue weighted by Gasteiger charge is 2.23. The predicted octanol–water partition coefficient (Wildman–Crippen LogP) is 0.421. The third kappa shape index (κ3) is 3.32. The van der Waals surface area contributed by atoms with Crippen molar-refractivity contribution in [2.45, 2.75) is 18.2 Å². The van der Waals surface area contributed by atoms with Gasteiger partial charge in [0.25, 0.3) is 5.56 Å². The number of aliphatic hydroxyl groups is 1. The molecular formula is C10H15ClN2O4S. The van der Waals surface area contributed by atoms with Crippen LogP contribution in [0.25, 0.3) is 0 Å². The SMILES string of the molecule is CCN(CCCO)S(=O)(=O)c1c[nH]c(=O)c(Cl)c1. The van der Waals surface area contributed by atoms with Gasteiger partial charge in [0.05, 0.1) is 4.90 Å². The Hall–Kier alpha value is -0.890. The van der Waals surface area contributed by atoms with Crippen LogP contribution >= 0.6 is 11.6 Å². The van der Waals surface area contributed by atoms with Crippen molar-refractivity contribution in [1.29, 1.82) is 0 Å². The predicted molar refractivity (Wildman–Crippen MR) is 68.2 cm³/mol. The Labute approximate surface area is 110 Å². The van der Waals surface area contributed by atoms with Crippen LogP contribution in [0.5, 0.6) is 0 Å². The van der Waals surface area contributed by atoms with Crippen molar-refractivity contribution in [3.63, 3.8) is 0 Å². The monoisotopic (exact) mass is 294 g/mol. The van der Waals surface area contributed by atoms with Crippen LogP contribution in [-0.4, -0.2) is 42.5 Å². The second-order valence-electron chi connectivity index (χ2n) is 3.59. The molecule has 1 rings (SSSR count). The first-order valence-electron chi connectivity index (χ1n) is 5.42. The van der Waals surface area contributed by atoms with Gasteiger partial charge in [0.1, 0.15) is 5.02 Å². The van der Waals surface area contributed by atoms with E-state index in [9.17, 15) is 13.2 Å². The van der Waals surface area contributed by atoms with Crippen LogP contribution in [0, 0.1) is 0 Å². The number of nitrogens with one attached hydrogen (secondary N) is 1. The first-order valence-corrected chi connectivity index (χ1v) is 7.24. The zero-order valence-electron chi connectivity index (χ0n) is 9.89. The zero-order chi connectivity index (χ0) is 13.8. The molecule has 18 heavy (non-hydrogen) atoms. The van der Waals surface area contributed by atoms with E-state index in [4.69, 9.17) is 16.7 Å². The number of aromatic nitrogens is 1. The lowest BCUT2D eigenvalue weighted by atomic mass is 10.4. The molecule has 0 aliphatic rings. The first-order chi connectivity index (χ1) is 8.43. The normalized spacial score (nSPS) is 12.0. The number of aliphatic hydroxyl groups excluding tert-OH is 1. The topological polar surface area (TPSA) is 90.5 Å². The van der Waals surface area contributed by atoms with E-state index in [-0.39, 0.29) is 29.6 Å². The fourth-order valence-electron chi connectivity index (χ4n) is 1.43. The molecule has 0 atom stereocenters. The van der Waals surface area contributed by atoms with E-state index in [1.807, 2.05) is 0 Å². The van der Waals surface area contributed by atoms with E-state index >= 15 is 0 Å². The van der Waals surface area contributed by atoms with E-state index in [1.165, 1.54) is 4.31 Å². The molecule has 6 nitrogen and oxygen atoms in total. The Bertz CT molecular complexity index is 555. The molecule has 8 heteroatoms. The van der Waals surface area contributed by atoms with Crippen LogP contribution in [-0.2, 0) is 10.0 Å². The van der Waals surface area contributed by atoms with Gasteiger partial charge in [-0.05, 0) is 12.5 Å². The summed E-state index contributed by atoms with van der Waals surface area (Å²) < 4.78 is 25.6. The summed E-state index contributed by atoms with van der Waals surface area (Å²) in [5, 5.41) is 8.57. The minimum atomic E-state index is -3.70. The third-order valence-electron chi connectivity index (χ3n) is 2.39. The lowest BCUT2D eigenvalue weighted by Crippen LogP contribution is -2.32. The molecule has 1 aromatic heterocycles. The van der Waals surface area contributed by atoms with Crippen LogP contribution in [0.15, 0.2) is 22.0 Å². The van der Waals surface area contributed by atoms with Gasteiger partial charge in [0, 0.05) is 25.9 Å². The van der Waals surface area contributed by atoms with E-state index in [0.29, 0.717) is 6.42 Å². The van der Waals surface area contributed by atoms with Gasteiger partial charge in [-0.2, -0.15) is 4.31 Å². The molecule has 0 fully saturated rings. The highest BCUT2D eigenvalue weighted by atomic mass is 35.5. The van der Waals surface area contributed by atoms with Crippen LogP contribution in [0.1, 0.15) is 13.3 Å². The maximum absolute atomic E-state index is 12.2. The molecule has 0 amide bonds. The molecule has 0 unspecified atom stereocenters. The fourth-order valence-corrected chi connectivity index (χ4v) is 3.15. The number of H-pyrrole nitrogens is 1. The van der Waals surface area contributed by atoms with Gasteiger partial charge in [-0.25, -0.2) is 8.42 Å². The molecule has 0 aromatic carbocycles. The van der Waals surface area contributed by atoms with Gasteiger partial charge in [-0.3, -0.25) is 4.79 Å². The molecule has 1 heterocycles. The molecule has 0 radical (unpaired) electrons. The summed E-state index contributed by atoms with van der Waals surface area (Å²) in [6, 6.07) is 1.12. The maximum atomic E-state index is 12.2. The molecule has 2 N–H and O–H groups in total. The van der Waals surface area contributed by atoms with Gasteiger partial charge >= 0.3 is 0 Å². The van der Waals surface area contributed by atoms with E-state index in [0.717, 1.165) is 12.3 Å². The Kier molecular flexibility index (Phi) is 5.33. The number of rotatable bonds is 6. The van der Waals surface area contributed by atoms with Crippen molar-refractivity contribution in [3.05, 3.63) is 27.6 Å². The quantitative estimate of drug-likeness (QED) is 0.795. The van der Waals surface area contributed by atoms with E-state index < -0.39 is 15.6 Å². The van der Waals surface area contributed by atoms with Crippen LogP contribution in [0.4, 0.5) is 0 Å². The average molecular weight is 295 g/mol. The summed E-state index contributed by atoms with van der Waals surface area (Å²) in [6.07, 6.45) is 1.47. The van der Waals surface area contributed by atoms with Crippen molar-refractivity contribution >= 4 is 21.6 Å². The molecule has 0 spiro atoms. The van der Waals surface area contributed by atoms with Crippen LogP contribution in [0.2, 0.25) is 5.02 Å². The number of hydrogen-bond acceptors (Lipinski definition) is 4. The molecule has 0 aliphatic carbocycles. The van der Waals surface area contributed by atoms with Crippen LogP contribution in [0.3, 0.4) is 0 Å². The van der Waals surface area contributed by atoms with Gasteiger partial charge in [-0.15, -0.1) is 0 Å². The Balaban J connectivity index is 3.10. The fraction of sp³-hybridized carbons (Fsp3) is 0.500. The molecule has 1 aromatic rings.